The molecule has 0 aliphatic heterocycles. The van der Waals surface area contributed by atoms with Gasteiger partial charge in [-0.1, -0.05) is 18.2 Å². The molecule has 0 aliphatic carbocycles. The summed E-state index contributed by atoms with van der Waals surface area (Å²) in [7, 11) is -2.28. The van der Waals surface area contributed by atoms with Gasteiger partial charge in [0.15, 0.2) is 0 Å². The topological polar surface area (TPSA) is 75.3 Å². The van der Waals surface area contributed by atoms with Gasteiger partial charge in [0.1, 0.15) is 5.82 Å². The van der Waals surface area contributed by atoms with Gasteiger partial charge in [-0.15, -0.1) is 0 Å². The highest BCUT2D eigenvalue weighted by atomic mass is 32.2. The Bertz CT molecular complexity index is 875. The molecule has 2 aromatic rings. The Morgan fingerprint density at radius 2 is 1.79 bits per heavy atom. The summed E-state index contributed by atoms with van der Waals surface area (Å²) in [6, 6.07) is 10.3. The van der Waals surface area contributed by atoms with E-state index in [1.807, 2.05) is 0 Å². The second-order valence-corrected chi connectivity index (χ2v) is 6.92. The Morgan fingerprint density at radius 3 is 2.42 bits per heavy atom. The van der Waals surface area contributed by atoms with E-state index in [0.717, 1.165) is 0 Å². The van der Waals surface area contributed by atoms with Gasteiger partial charge in [0, 0.05) is 11.8 Å². The summed E-state index contributed by atoms with van der Waals surface area (Å²) in [6.45, 7) is 1.67. The van der Waals surface area contributed by atoms with E-state index in [4.69, 9.17) is 0 Å². The zero-order chi connectivity index (χ0) is 17.7. The molecule has 5 nitrogen and oxygen atoms in total. The maximum Gasteiger partial charge on any atom is 0.248 e. The van der Waals surface area contributed by atoms with Crippen LogP contribution in [-0.2, 0) is 14.8 Å². The molecule has 0 aliphatic rings. The molecule has 2 rings (SSSR count). The van der Waals surface area contributed by atoms with E-state index >= 15 is 0 Å². The molecular formula is C17H17FN2O3S. The molecular weight excluding hydrogens is 331 g/mol. The number of rotatable bonds is 5. The molecule has 1 amide bonds. The van der Waals surface area contributed by atoms with Crippen molar-refractivity contribution in [3.63, 3.8) is 0 Å². The minimum Gasteiger partial charge on any atom is -0.322 e. The van der Waals surface area contributed by atoms with Crippen molar-refractivity contribution in [1.82, 2.24) is 4.72 Å². The predicted molar refractivity (Wildman–Crippen MR) is 91.5 cm³/mol. The van der Waals surface area contributed by atoms with Crippen LogP contribution in [0.1, 0.15) is 11.1 Å². The first-order chi connectivity index (χ1) is 11.3. The molecule has 7 heteroatoms. The van der Waals surface area contributed by atoms with Crippen LogP contribution < -0.4 is 10.0 Å². The molecule has 0 atom stereocenters. The van der Waals surface area contributed by atoms with Gasteiger partial charge < -0.3 is 5.32 Å². The fourth-order valence-electron chi connectivity index (χ4n) is 2.01. The third-order valence-electron chi connectivity index (χ3n) is 3.31. The second kappa shape index (κ2) is 7.37. The quantitative estimate of drug-likeness (QED) is 0.816. The van der Waals surface area contributed by atoms with E-state index in [1.165, 1.54) is 37.4 Å². The number of nitrogens with one attached hydrogen (secondary N) is 2. The van der Waals surface area contributed by atoms with Crippen molar-refractivity contribution < 1.29 is 17.6 Å². The number of hydrogen-bond acceptors (Lipinski definition) is 3. The fraction of sp³-hybridized carbons (Fsp3) is 0.118. The number of hydrogen-bond donors (Lipinski definition) is 2. The highest BCUT2D eigenvalue weighted by molar-refractivity contribution is 7.89. The summed E-state index contributed by atoms with van der Waals surface area (Å²) in [5, 5.41) is 2.60. The van der Waals surface area contributed by atoms with Gasteiger partial charge in [0.25, 0.3) is 0 Å². The first kappa shape index (κ1) is 17.8. The summed E-state index contributed by atoms with van der Waals surface area (Å²) in [4.78, 5) is 12.0. The molecule has 126 valence electrons. The van der Waals surface area contributed by atoms with E-state index in [-0.39, 0.29) is 10.7 Å². The van der Waals surface area contributed by atoms with E-state index in [0.29, 0.717) is 16.8 Å². The largest absolute Gasteiger partial charge is 0.322 e. The number of anilines is 1. The summed E-state index contributed by atoms with van der Waals surface area (Å²) >= 11 is 0. The van der Waals surface area contributed by atoms with Crippen LogP contribution >= 0.6 is 0 Å². The Balaban J connectivity index is 2.14. The van der Waals surface area contributed by atoms with E-state index < -0.39 is 15.9 Å². The van der Waals surface area contributed by atoms with E-state index in [2.05, 4.69) is 10.0 Å². The van der Waals surface area contributed by atoms with Gasteiger partial charge in [-0.05, 0) is 55.4 Å². The Morgan fingerprint density at radius 1 is 1.12 bits per heavy atom. The van der Waals surface area contributed by atoms with Crippen LogP contribution in [0.3, 0.4) is 0 Å². The van der Waals surface area contributed by atoms with Crippen LogP contribution in [0.5, 0.6) is 0 Å². The first-order valence-electron chi connectivity index (χ1n) is 7.10. The van der Waals surface area contributed by atoms with Gasteiger partial charge in [0.2, 0.25) is 15.9 Å². The summed E-state index contributed by atoms with van der Waals surface area (Å²) in [6.07, 6.45) is 2.83. The average molecular weight is 348 g/mol. The van der Waals surface area contributed by atoms with Crippen molar-refractivity contribution in [2.45, 2.75) is 11.8 Å². The molecule has 0 saturated carbocycles. The maximum absolute atomic E-state index is 12.8. The van der Waals surface area contributed by atoms with E-state index in [9.17, 15) is 17.6 Å². The lowest BCUT2D eigenvalue weighted by atomic mass is 10.2. The lowest BCUT2D eigenvalue weighted by Gasteiger charge is -2.09. The zero-order valence-corrected chi connectivity index (χ0v) is 14.0. The molecule has 0 aromatic heterocycles. The Hall–Kier alpha value is -2.51. The highest BCUT2D eigenvalue weighted by Gasteiger charge is 2.15. The molecule has 0 bridgehead atoms. The summed E-state index contributed by atoms with van der Waals surface area (Å²) < 4.78 is 38.9. The normalized spacial score (nSPS) is 11.6. The molecule has 0 fully saturated rings. The van der Waals surface area contributed by atoms with Crippen LogP contribution in [0, 0.1) is 12.7 Å². The molecule has 0 spiro atoms. The Labute approximate surface area is 140 Å². The van der Waals surface area contributed by atoms with E-state index in [1.54, 1.807) is 31.2 Å². The molecule has 2 aromatic carbocycles. The minimum atomic E-state index is -3.60. The average Bonchev–Trinajstić information content (AvgIpc) is 2.56. The van der Waals surface area contributed by atoms with Crippen LogP contribution in [0.25, 0.3) is 6.08 Å². The molecule has 24 heavy (non-hydrogen) atoms. The molecule has 0 saturated heterocycles. The third-order valence-corrected chi connectivity index (χ3v) is 4.87. The Kier molecular flexibility index (Phi) is 5.48. The number of sulfonamides is 1. The van der Waals surface area contributed by atoms with Gasteiger partial charge >= 0.3 is 0 Å². The standard InChI is InChI=1S/C17H17FN2O3S/c1-12-3-9-15(11-16(12)24(22,23)19-2)20-17(21)10-6-13-4-7-14(18)8-5-13/h3-11,19H,1-2H3,(H,20,21)/b10-6+. The first-order valence-corrected chi connectivity index (χ1v) is 8.59. The van der Waals surface area contributed by atoms with Gasteiger partial charge in [-0.25, -0.2) is 17.5 Å². The van der Waals surface area contributed by atoms with Crippen LogP contribution in [-0.4, -0.2) is 21.4 Å². The number of amides is 1. The smallest absolute Gasteiger partial charge is 0.248 e. The second-order valence-electron chi connectivity index (χ2n) is 5.06. The molecule has 2 N–H and O–H groups in total. The molecule has 0 radical (unpaired) electrons. The molecule has 0 heterocycles. The van der Waals surface area contributed by atoms with Crippen molar-refractivity contribution >= 4 is 27.7 Å². The summed E-state index contributed by atoms with van der Waals surface area (Å²) in [5.41, 5.74) is 1.61. The van der Waals surface area contributed by atoms with Crippen LogP contribution in [0.15, 0.2) is 53.4 Å². The van der Waals surface area contributed by atoms with Gasteiger partial charge in [-0.2, -0.15) is 0 Å². The highest BCUT2D eigenvalue weighted by Crippen LogP contribution is 2.20. The molecule has 0 unspecified atom stereocenters. The van der Waals surface area contributed by atoms with Crippen molar-refractivity contribution in [3.05, 3.63) is 65.5 Å². The zero-order valence-electron chi connectivity index (χ0n) is 13.2. The minimum absolute atomic E-state index is 0.102. The number of halogens is 1. The maximum atomic E-state index is 12.8. The predicted octanol–water partition coefficient (Wildman–Crippen LogP) is 2.69. The van der Waals surface area contributed by atoms with Crippen molar-refractivity contribution in [2.24, 2.45) is 0 Å². The lowest BCUT2D eigenvalue weighted by Crippen LogP contribution is -2.20. The fourth-order valence-corrected chi connectivity index (χ4v) is 3.00. The SMILES string of the molecule is CNS(=O)(=O)c1cc(NC(=O)/C=C/c2ccc(F)cc2)ccc1C. The summed E-state index contributed by atoms with van der Waals surface area (Å²) in [5.74, 6) is -0.773. The van der Waals surface area contributed by atoms with Gasteiger partial charge in [-0.3, -0.25) is 4.79 Å². The monoisotopic (exact) mass is 348 g/mol. The van der Waals surface area contributed by atoms with Crippen LogP contribution in [0.2, 0.25) is 0 Å². The number of aryl methyl sites for hydroxylation is 1. The van der Waals surface area contributed by atoms with Gasteiger partial charge in [0.05, 0.1) is 4.90 Å². The van der Waals surface area contributed by atoms with Crippen molar-refractivity contribution in [1.29, 1.82) is 0 Å². The number of carbonyl (C=O) groups excluding carboxylic acids is 1. The lowest BCUT2D eigenvalue weighted by molar-refractivity contribution is -0.111. The number of benzene rings is 2. The van der Waals surface area contributed by atoms with Crippen molar-refractivity contribution in [3.8, 4) is 0 Å². The number of carbonyl (C=O) groups is 1. The van der Waals surface area contributed by atoms with Crippen LogP contribution in [0.4, 0.5) is 10.1 Å². The van der Waals surface area contributed by atoms with Crippen molar-refractivity contribution in [2.75, 3.05) is 12.4 Å². The third kappa shape index (κ3) is 4.50.